The molecular formula is C20H18O7. The van der Waals surface area contributed by atoms with Crippen molar-refractivity contribution in [3.8, 4) is 0 Å². The molecule has 0 bridgehead atoms. The number of hydrogen-bond donors (Lipinski definition) is 0. The second kappa shape index (κ2) is 8.46. The first-order valence-electron chi connectivity index (χ1n) is 8.35. The first-order valence-corrected chi connectivity index (χ1v) is 8.35. The maximum Gasteiger partial charge on any atom is 0.338 e. The average molecular weight is 370 g/mol. The molecule has 1 fully saturated rings. The Labute approximate surface area is 155 Å². The SMILES string of the molecule is CC(=O)OC1OC[C@H](OC(=O)c2ccccc2)[C@H]1OC(=O)c1ccccc1. The molecule has 0 radical (unpaired) electrons. The number of carbonyl (C=O) groups excluding carboxylic acids is 3. The van der Waals surface area contributed by atoms with Crippen LogP contribution in [0.3, 0.4) is 0 Å². The minimum absolute atomic E-state index is 0.0662. The van der Waals surface area contributed by atoms with Gasteiger partial charge in [0.25, 0.3) is 0 Å². The van der Waals surface area contributed by atoms with Crippen LogP contribution in [0.15, 0.2) is 60.7 Å². The van der Waals surface area contributed by atoms with Crippen LogP contribution in [0.1, 0.15) is 27.6 Å². The summed E-state index contributed by atoms with van der Waals surface area (Å²) in [7, 11) is 0. The molecule has 1 unspecified atom stereocenters. The lowest BCUT2D eigenvalue weighted by atomic mass is 10.2. The third kappa shape index (κ3) is 4.71. The van der Waals surface area contributed by atoms with Crippen LogP contribution >= 0.6 is 0 Å². The molecule has 0 saturated carbocycles. The number of benzene rings is 2. The van der Waals surface area contributed by atoms with E-state index in [2.05, 4.69) is 0 Å². The van der Waals surface area contributed by atoms with Crippen LogP contribution in [-0.4, -0.2) is 43.0 Å². The van der Waals surface area contributed by atoms with E-state index in [1.165, 1.54) is 6.92 Å². The van der Waals surface area contributed by atoms with Crippen molar-refractivity contribution in [1.29, 1.82) is 0 Å². The van der Waals surface area contributed by atoms with Crippen molar-refractivity contribution in [1.82, 2.24) is 0 Å². The molecule has 2 aromatic carbocycles. The highest BCUT2D eigenvalue weighted by molar-refractivity contribution is 5.90. The van der Waals surface area contributed by atoms with Crippen LogP contribution in [0.25, 0.3) is 0 Å². The average Bonchev–Trinajstić information content (AvgIpc) is 3.03. The predicted octanol–water partition coefficient (Wildman–Crippen LogP) is 2.36. The molecule has 0 N–H and O–H groups in total. The largest absolute Gasteiger partial charge is 0.452 e. The quantitative estimate of drug-likeness (QED) is 0.590. The molecule has 0 spiro atoms. The Morgan fingerprint density at radius 3 is 1.85 bits per heavy atom. The fourth-order valence-electron chi connectivity index (χ4n) is 2.60. The van der Waals surface area contributed by atoms with Gasteiger partial charge in [-0.25, -0.2) is 9.59 Å². The van der Waals surface area contributed by atoms with Crippen LogP contribution in [0.4, 0.5) is 0 Å². The van der Waals surface area contributed by atoms with E-state index in [0.717, 1.165) is 0 Å². The normalized spacial score (nSPS) is 21.3. The van der Waals surface area contributed by atoms with E-state index in [1.54, 1.807) is 60.7 Å². The van der Waals surface area contributed by atoms with E-state index in [-0.39, 0.29) is 6.61 Å². The summed E-state index contributed by atoms with van der Waals surface area (Å²) in [4.78, 5) is 36.0. The zero-order chi connectivity index (χ0) is 19.2. The molecular weight excluding hydrogens is 352 g/mol. The highest BCUT2D eigenvalue weighted by atomic mass is 16.7. The van der Waals surface area contributed by atoms with Gasteiger partial charge >= 0.3 is 17.9 Å². The third-order valence-electron chi connectivity index (χ3n) is 3.86. The maximum absolute atomic E-state index is 12.4. The lowest BCUT2D eigenvalue weighted by Gasteiger charge is -2.22. The molecule has 0 aliphatic carbocycles. The van der Waals surface area contributed by atoms with Crippen molar-refractivity contribution in [2.75, 3.05) is 6.61 Å². The maximum atomic E-state index is 12.4. The number of esters is 3. The fraction of sp³-hybridized carbons (Fsp3) is 0.250. The van der Waals surface area contributed by atoms with Gasteiger partial charge in [-0.15, -0.1) is 0 Å². The van der Waals surface area contributed by atoms with Crippen molar-refractivity contribution >= 4 is 17.9 Å². The Morgan fingerprint density at radius 1 is 0.815 bits per heavy atom. The van der Waals surface area contributed by atoms with Gasteiger partial charge in [-0.2, -0.15) is 0 Å². The van der Waals surface area contributed by atoms with E-state index in [1.807, 2.05) is 0 Å². The first-order chi connectivity index (χ1) is 13.0. The van der Waals surface area contributed by atoms with E-state index in [9.17, 15) is 14.4 Å². The van der Waals surface area contributed by atoms with Crippen LogP contribution in [0.5, 0.6) is 0 Å². The summed E-state index contributed by atoms with van der Waals surface area (Å²) < 4.78 is 21.3. The summed E-state index contributed by atoms with van der Waals surface area (Å²) in [6, 6.07) is 16.7. The summed E-state index contributed by atoms with van der Waals surface area (Å²) >= 11 is 0. The fourth-order valence-corrected chi connectivity index (χ4v) is 2.60. The summed E-state index contributed by atoms with van der Waals surface area (Å²) in [5.74, 6) is -1.83. The highest BCUT2D eigenvalue weighted by Crippen LogP contribution is 2.24. The summed E-state index contributed by atoms with van der Waals surface area (Å²) in [6.07, 6.45) is -3.13. The lowest BCUT2D eigenvalue weighted by molar-refractivity contribution is -0.181. The van der Waals surface area contributed by atoms with E-state index in [0.29, 0.717) is 11.1 Å². The molecule has 140 valence electrons. The number of ether oxygens (including phenoxy) is 4. The van der Waals surface area contributed by atoms with Gasteiger partial charge in [0.15, 0.2) is 6.10 Å². The zero-order valence-corrected chi connectivity index (χ0v) is 14.6. The third-order valence-corrected chi connectivity index (χ3v) is 3.86. The molecule has 7 heteroatoms. The Bertz CT molecular complexity index is 804. The molecule has 0 aromatic heterocycles. The van der Waals surface area contributed by atoms with Crippen LogP contribution in [0, 0.1) is 0 Å². The second-order valence-corrected chi connectivity index (χ2v) is 5.86. The number of hydrogen-bond acceptors (Lipinski definition) is 7. The molecule has 1 saturated heterocycles. The Balaban J connectivity index is 1.74. The predicted molar refractivity (Wildman–Crippen MR) is 92.8 cm³/mol. The zero-order valence-electron chi connectivity index (χ0n) is 14.6. The van der Waals surface area contributed by atoms with Gasteiger partial charge in [-0.1, -0.05) is 36.4 Å². The molecule has 2 aromatic rings. The van der Waals surface area contributed by atoms with E-state index < -0.39 is 36.4 Å². The van der Waals surface area contributed by atoms with Crippen molar-refractivity contribution in [2.24, 2.45) is 0 Å². The minimum Gasteiger partial charge on any atom is -0.452 e. The summed E-state index contributed by atoms with van der Waals surface area (Å²) in [5, 5.41) is 0. The molecule has 1 aliphatic rings. The number of rotatable bonds is 5. The first kappa shape index (κ1) is 18.6. The Hall–Kier alpha value is -3.19. The topological polar surface area (TPSA) is 88.1 Å². The Kier molecular flexibility index (Phi) is 5.83. The molecule has 1 aliphatic heterocycles. The van der Waals surface area contributed by atoms with E-state index >= 15 is 0 Å². The molecule has 27 heavy (non-hydrogen) atoms. The summed E-state index contributed by atoms with van der Waals surface area (Å²) in [6.45, 7) is 1.14. The van der Waals surface area contributed by atoms with Crippen molar-refractivity contribution in [3.63, 3.8) is 0 Å². The van der Waals surface area contributed by atoms with Crippen LogP contribution < -0.4 is 0 Å². The van der Waals surface area contributed by atoms with Gasteiger partial charge in [0.1, 0.15) is 0 Å². The van der Waals surface area contributed by atoms with Crippen molar-refractivity contribution in [3.05, 3.63) is 71.8 Å². The summed E-state index contributed by atoms with van der Waals surface area (Å²) in [5.41, 5.74) is 0.667. The van der Waals surface area contributed by atoms with Gasteiger partial charge in [0, 0.05) is 6.92 Å². The second-order valence-electron chi connectivity index (χ2n) is 5.86. The van der Waals surface area contributed by atoms with Crippen molar-refractivity contribution in [2.45, 2.75) is 25.4 Å². The molecule has 0 amide bonds. The molecule has 3 atom stereocenters. The smallest absolute Gasteiger partial charge is 0.338 e. The molecule has 3 rings (SSSR count). The lowest BCUT2D eigenvalue weighted by Crippen LogP contribution is -2.39. The van der Waals surface area contributed by atoms with Crippen LogP contribution in [0.2, 0.25) is 0 Å². The van der Waals surface area contributed by atoms with Gasteiger partial charge in [0.05, 0.1) is 17.7 Å². The van der Waals surface area contributed by atoms with Gasteiger partial charge in [-0.3, -0.25) is 4.79 Å². The Morgan fingerprint density at radius 2 is 1.33 bits per heavy atom. The highest BCUT2D eigenvalue weighted by Gasteiger charge is 2.45. The molecule has 7 nitrogen and oxygen atoms in total. The molecule has 1 heterocycles. The number of carbonyl (C=O) groups is 3. The monoisotopic (exact) mass is 370 g/mol. The van der Waals surface area contributed by atoms with Gasteiger partial charge in [-0.05, 0) is 24.3 Å². The standard InChI is InChI=1S/C20H18O7/c1-13(21)25-20-17(27-19(23)15-10-6-3-7-11-15)16(12-24-20)26-18(22)14-8-4-2-5-9-14/h2-11,16-17,20H,12H2,1H3/t16-,17+,20?/m0/s1. The minimum atomic E-state index is -1.15. The van der Waals surface area contributed by atoms with Gasteiger partial charge < -0.3 is 18.9 Å². The van der Waals surface area contributed by atoms with Crippen LogP contribution in [-0.2, 0) is 23.7 Å². The van der Waals surface area contributed by atoms with Crippen molar-refractivity contribution < 1.29 is 33.3 Å². The van der Waals surface area contributed by atoms with Gasteiger partial charge in [0.2, 0.25) is 12.4 Å². The van der Waals surface area contributed by atoms with E-state index in [4.69, 9.17) is 18.9 Å².